The molecule has 8 heteroatoms. The Morgan fingerprint density at radius 2 is 1.69 bits per heavy atom. The van der Waals surface area contributed by atoms with Gasteiger partial charge in [0.1, 0.15) is 5.69 Å². The fraction of sp³-hybridized carbons (Fsp3) is 0.419. The summed E-state index contributed by atoms with van der Waals surface area (Å²) in [5.41, 5.74) is 11.0. The van der Waals surface area contributed by atoms with Gasteiger partial charge in [0, 0.05) is 36.2 Å². The average molecular weight is 528 g/mol. The van der Waals surface area contributed by atoms with Crippen LogP contribution in [0.4, 0.5) is 10.6 Å². The van der Waals surface area contributed by atoms with E-state index in [0.717, 1.165) is 66.5 Å². The molecule has 1 aromatic heterocycles. The number of nitrogens with zero attached hydrogens (tertiary/aromatic N) is 3. The topological polar surface area (TPSA) is 110 Å². The Balaban J connectivity index is 1.26. The highest BCUT2D eigenvalue weighted by Crippen LogP contribution is 2.43. The molecule has 2 aromatic carbocycles. The number of nitrogens with two attached hydrogens (primary N) is 1. The van der Waals surface area contributed by atoms with Crippen LogP contribution in [-0.2, 0) is 15.1 Å². The Labute approximate surface area is 230 Å². The van der Waals surface area contributed by atoms with E-state index in [9.17, 15) is 9.59 Å². The lowest BCUT2D eigenvalue weighted by atomic mass is 9.83. The van der Waals surface area contributed by atoms with E-state index in [-0.39, 0.29) is 29.5 Å². The molecule has 0 saturated heterocycles. The molecule has 2 aliphatic carbocycles. The number of carbonyl (C=O) groups excluding carboxylic acids is 2. The van der Waals surface area contributed by atoms with Gasteiger partial charge in [0.05, 0.1) is 6.61 Å². The lowest BCUT2D eigenvalue weighted by molar-refractivity contribution is -0.117. The van der Waals surface area contributed by atoms with Crippen molar-refractivity contribution < 1.29 is 14.3 Å². The number of hydrogen-bond acceptors (Lipinski definition) is 6. The molecule has 0 radical (unpaired) electrons. The molecular formula is C31H37N5O3. The fourth-order valence-corrected chi connectivity index (χ4v) is 5.45. The second kappa shape index (κ2) is 11.5. The van der Waals surface area contributed by atoms with E-state index in [1.807, 2.05) is 55.5 Å². The smallest absolute Gasteiger partial charge is 0.409 e. The van der Waals surface area contributed by atoms with Crippen molar-refractivity contribution >= 4 is 17.8 Å². The van der Waals surface area contributed by atoms with Gasteiger partial charge in [-0.15, -0.1) is 10.2 Å². The molecule has 2 amide bonds. The summed E-state index contributed by atoms with van der Waals surface area (Å²) in [7, 11) is 1.79. The van der Waals surface area contributed by atoms with Gasteiger partial charge < -0.3 is 20.7 Å². The molecule has 3 aromatic rings. The van der Waals surface area contributed by atoms with Crippen LogP contribution < -0.4 is 11.1 Å². The Hall–Kier alpha value is -3.78. The summed E-state index contributed by atoms with van der Waals surface area (Å²) in [5, 5.41) is 11.9. The Kier molecular flexibility index (Phi) is 7.93. The predicted octanol–water partition coefficient (Wildman–Crippen LogP) is 5.73. The fourth-order valence-electron chi connectivity index (χ4n) is 5.45. The highest BCUT2D eigenvalue weighted by molar-refractivity contribution is 5.91. The van der Waals surface area contributed by atoms with Crippen molar-refractivity contribution in [2.24, 2.45) is 11.7 Å². The molecule has 2 aliphatic rings. The molecule has 0 spiro atoms. The zero-order chi connectivity index (χ0) is 27.4. The second-order valence-electron chi connectivity index (χ2n) is 10.8. The van der Waals surface area contributed by atoms with Crippen LogP contribution in [0.25, 0.3) is 22.4 Å². The van der Waals surface area contributed by atoms with Crippen molar-refractivity contribution in [1.29, 1.82) is 0 Å². The van der Waals surface area contributed by atoms with E-state index in [4.69, 9.17) is 10.5 Å². The maximum absolute atomic E-state index is 13.0. The standard InChI is InChI=1S/C31H37N5O3/c1-3-39-30(38)36(2)25-15-9-21(10-16-25)19-28(37)33-27-20-26(22-7-5-4-6-8-22)29(35-34-27)23-11-13-24(14-12-23)31(32)17-18-31/h4-8,11-14,20-21,25H,3,9-10,15-19,32H2,1-2H3,(H,33,34,37). The van der Waals surface area contributed by atoms with E-state index in [1.165, 1.54) is 0 Å². The summed E-state index contributed by atoms with van der Waals surface area (Å²) in [6.45, 7) is 2.18. The first-order valence-corrected chi connectivity index (χ1v) is 13.9. The quantitative estimate of drug-likeness (QED) is 0.387. The Morgan fingerprint density at radius 1 is 1.00 bits per heavy atom. The average Bonchev–Trinajstić information content (AvgIpc) is 3.72. The molecule has 0 unspecified atom stereocenters. The van der Waals surface area contributed by atoms with Crippen molar-refractivity contribution in [3.8, 4) is 22.4 Å². The lowest BCUT2D eigenvalue weighted by Gasteiger charge is -2.33. The summed E-state index contributed by atoms with van der Waals surface area (Å²) in [4.78, 5) is 26.7. The molecule has 0 bridgehead atoms. The minimum atomic E-state index is -0.280. The van der Waals surface area contributed by atoms with E-state index in [1.54, 1.807) is 11.9 Å². The monoisotopic (exact) mass is 527 g/mol. The maximum Gasteiger partial charge on any atom is 0.409 e. The molecule has 204 valence electrons. The van der Waals surface area contributed by atoms with Gasteiger partial charge >= 0.3 is 6.09 Å². The third-order valence-electron chi connectivity index (χ3n) is 8.06. The third kappa shape index (κ3) is 6.28. The van der Waals surface area contributed by atoms with Gasteiger partial charge in [0.15, 0.2) is 5.82 Å². The zero-order valence-corrected chi connectivity index (χ0v) is 22.7. The molecule has 5 rings (SSSR count). The number of hydrogen-bond donors (Lipinski definition) is 2. The summed E-state index contributed by atoms with van der Waals surface area (Å²) in [6.07, 6.45) is 5.68. The maximum atomic E-state index is 13.0. The molecule has 39 heavy (non-hydrogen) atoms. The van der Waals surface area contributed by atoms with Gasteiger partial charge in [-0.2, -0.15) is 0 Å². The largest absolute Gasteiger partial charge is 0.450 e. The Morgan fingerprint density at radius 3 is 2.33 bits per heavy atom. The summed E-state index contributed by atoms with van der Waals surface area (Å²) < 4.78 is 5.12. The predicted molar refractivity (Wildman–Crippen MR) is 152 cm³/mol. The van der Waals surface area contributed by atoms with Gasteiger partial charge in [0.25, 0.3) is 0 Å². The number of carbonyl (C=O) groups is 2. The van der Waals surface area contributed by atoms with Gasteiger partial charge in [-0.1, -0.05) is 54.6 Å². The van der Waals surface area contributed by atoms with E-state index >= 15 is 0 Å². The molecule has 3 N–H and O–H groups in total. The van der Waals surface area contributed by atoms with Crippen LogP contribution in [0.2, 0.25) is 0 Å². The van der Waals surface area contributed by atoms with Gasteiger partial charge in [0.2, 0.25) is 5.91 Å². The molecule has 0 aliphatic heterocycles. The van der Waals surface area contributed by atoms with Gasteiger partial charge in [-0.25, -0.2) is 4.79 Å². The van der Waals surface area contributed by atoms with E-state index in [2.05, 4.69) is 27.6 Å². The number of benzene rings is 2. The number of aromatic nitrogens is 2. The van der Waals surface area contributed by atoms with Crippen molar-refractivity contribution in [3.63, 3.8) is 0 Å². The molecule has 2 saturated carbocycles. The van der Waals surface area contributed by atoms with Gasteiger partial charge in [-0.05, 0) is 68.6 Å². The van der Waals surface area contributed by atoms with Crippen molar-refractivity contribution in [1.82, 2.24) is 15.1 Å². The minimum Gasteiger partial charge on any atom is -0.450 e. The molecule has 8 nitrogen and oxygen atoms in total. The number of ether oxygens (including phenoxy) is 1. The zero-order valence-electron chi connectivity index (χ0n) is 22.7. The van der Waals surface area contributed by atoms with E-state index < -0.39 is 0 Å². The normalized spacial score (nSPS) is 19.7. The van der Waals surface area contributed by atoms with E-state index in [0.29, 0.717) is 18.8 Å². The van der Waals surface area contributed by atoms with Crippen LogP contribution in [0, 0.1) is 5.92 Å². The van der Waals surface area contributed by atoms with Crippen molar-refractivity contribution in [2.45, 2.75) is 63.5 Å². The van der Waals surface area contributed by atoms with Crippen LogP contribution in [0.5, 0.6) is 0 Å². The van der Waals surface area contributed by atoms with Crippen LogP contribution in [0.3, 0.4) is 0 Å². The van der Waals surface area contributed by atoms with Crippen LogP contribution in [-0.4, -0.2) is 46.8 Å². The molecule has 2 fully saturated rings. The highest BCUT2D eigenvalue weighted by Gasteiger charge is 2.39. The number of anilines is 1. The molecular weight excluding hydrogens is 490 g/mol. The van der Waals surface area contributed by atoms with Gasteiger partial charge in [-0.3, -0.25) is 4.79 Å². The lowest BCUT2D eigenvalue weighted by Crippen LogP contribution is -2.40. The Bertz CT molecular complexity index is 1300. The third-order valence-corrected chi connectivity index (χ3v) is 8.06. The van der Waals surface area contributed by atoms with Crippen LogP contribution in [0.1, 0.15) is 57.4 Å². The number of amides is 2. The second-order valence-corrected chi connectivity index (χ2v) is 10.8. The summed E-state index contributed by atoms with van der Waals surface area (Å²) >= 11 is 0. The van der Waals surface area contributed by atoms with Crippen LogP contribution in [0.15, 0.2) is 60.7 Å². The summed E-state index contributed by atoms with van der Waals surface area (Å²) in [6, 6.07) is 20.3. The molecule has 1 heterocycles. The van der Waals surface area contributed by atoms with Crippen LogP contribution >= 0.6 is 0 Å². The van der Waals surface area contributed by atoms with Crippen molar-refractivity contribution in [2.75, 3.05) is 19.0 Å². The minimum absolute atomic E-state index is 0.0692. The summed E-state index contributed by atoms with van der Waals surface area (Å²) in [5.74, 6) is 0.641. The number of nitrogens with one attached hydrogen (secondary N) is 1. The molecule has 0 atom stereocenters. The number of rotatable bonds is 8. The van der Waals surface area contributed by atoms with Crippen molar-refractivity contribution in [3.05, 3.63) is 66.2 Å². The highest BCUT2D eigenvalue weighted by atomic mass is 16.6. The first-order valence-electron chi connectivity index (χ1n) is 13.9. The SMILES string of the molecule is CCOC(=O)N(C)C1CCC(CC(=O)Nc2cc(-c3ccccc3)c(-c3ccc(C4(N)CC4)cc3)nn2)CC1. The first kappa shape index (κ1) is 26.8. The first-order chi connectivity index (χ1) is 18.9.